The summed E-state index contributed by atoms with van der Waals surface area (Å²) in [4.78, 5) is 14.2. The van der Waals surface area contributed by atoms with E-state index in [1.165, 1.54) is 6.08 Å². The molecule has 0 aromatic heterocycles. The van der Waals surface area contributed by atoms with Gasteiger partial charge in [-0.1, -0.05) is 18.2 Å². The third kappa shape index (κ3) is 1.79. The fraction of sp³-hybridized carbons (Fsp3) is 0.182. The molecular weight excluding hydrogens is 192 g/mol. The Morgan fingerprint density at radius 2 is 2.20 bits per heavy atom. The predicted octanol–water partition coefficient (Wildman–Crippen LogP) is 0.649. The highest BCUT2D eigenvalue weighted by atomic mass is 16.6. The van der Waals surface area contributed by atoms with Crippen LogP contribution in [-0.4, -0.2) is 11.0 Å². The average Bonchev–Trinajstić information content (AvgIpc) is 2.50. The number of hydrogen-bond acceptors (Lipinski definition) is 3. The summed E-state index contributed by atoms with van der Waals surface area (Å²) < 4.78 is 0. The first kappa shape index (κ1) is 9.58. The van der Waals surface area contributed by atoms with Gasteiger partial charge in [-0.25, -0.2) is 0 Å². The summed E-state index contributed by atoms with van der Waals surface area (Å²) in [6.07, 6.45) is 2.49. The maximum absolute atomic E-state index is 10.2. The van der Waals surface area contributed by atoms with Crippen molar-refractivity contribution in [2.45, 2.75) is 13.0 Å². The second-order valence-corrected chi connectivity index (χ2v) is 3.38. The normalized spacial score (nSPS) is 19.0. The number of rotatable bonds is 2. The molecule has 0 unspecified atom stereocenters. The molecule has 4 nitrogen and oxygen atoms in total. The zero-order valence-electron chi connectivity index (χ0n) is 8.25. The molecule has 1 aliphatic rings. The van der Waals surface area contributed by atoms with Gasteiger partial charge in [0, 0.05) is 11.3 Å². The minimum Gasteiger partial charge on any atom is -0.277 e. The number of fused-ring (bicyclic) bond motifs is 1. The first-order valence-corrected chi connectivity index (χ1v) is 4.67. The van der Waals surface area contributed by atoms with Crippen LogP contribution in [0, 0.1) is 10.1 Å². The van der Waals surface area contributed by atoms with Crippen LogP contribution in [0.25, 0.3) is 5.57 Å². The van der Waals surface area contributed by atoms with Gasteiger partial charge in [0.25, 0.3) is 0 Å². The zero-order chi connectivity index (χ0) is 10.8. The number of nitro groups is 1. The second-order valence-electron chi connectivity index (χ2n) is 3.38. The maximum atomic E-state index is 10.2. The van der Waals surface area contributed by atoms with Crippen LogP contribution < -0.4 is 10.6 Å². The SMILES string of the molecule is C[C@@H]1N=c2ccccc2=C1/C=C/[N+](=O)[O-]. The minimum atomic E-state index is -0.458. The van der Waals surface area contributed by atoms with Crippen molar-refractivity contribution < 1.29 is 4.92 Å². The van der Waals surface area contributed by atoms with E-state index >= 15 is 0 Å². The van der Waals surface area contributed by atoms with Crippen LogP contribution in [0.4, 0.5) is 0 Å². The highest BCUT2D eigenvalue weighted by molar-refractivity contribution is 5.62. The van der Waals surface area contributed by atoms with E-state index in [1.54, 1.807) is 0 Å². The molecule has 1 aliphatic heterocycles. The summed E-state index contributed by atoms with van der Waals surface area (Å²) in [7, 11) is 0. The second kappa shape index (κ2) is 3.65. The Morgan fingerprint density at radius 3 is 2.93 bits per heavy atom. The lowest BCUT2D eigenvalue weighted by atomic mass is 10.1. The number of nitrogens with zero attached hydrogens (tertiary/aromatic N) is 2. The Bertz CT molecular complexity index is 546. The highest BCUT2D eigenvalue weighted by Crippen LogP contribution is 2.09. The van der Waals surface area contributed by atoms with Gasteiger partial charge in [-0.3, -0.25) is 15.1 Å². The van der Waals surface area contributed by atoms with Gasteiger partial charge in [0.1, 0.15) is 0 Å². The molecule has 0 spiro atoms. The van der Waals surface area contributed by atoms with Crippen LogP contribution in [-0.2, 0) is 0 Å². The van der Waals surface area contributed by atoms with Crippen LogP contribution in [0.5, 0.6) is 0 Å². The van der Waals surface area contributed by atoms with Gasteiger partial charge in [-0.05, 0) is 18.6 Å². The summed E-state index contributed by atoms with van der Waals surface area (Å²) >= 11 is 0. The predicted molar refractivity (Wildman–Crippen MR) is 56.2 cm³/mol. The van der Waals surface area contributed by atoms with E-state index in [9.17, 15) is 10.1 Å². The molecule has 0 amide bonds. The molecule has 0 aliphatic carbocycles. The lowest BCUT2D eigenvalue weighted by Gasteiger charge is -1.98. The Kier molecular flexibility index (Phi) is 2.33. The van der Waals surface area contributed by atoms with E-state index in [2.05, 4.69) is 4.99 Å². The van der Waals surface area contributed by atoms with E-state index < -0.39 is 4.92 Å². The van der Waals surface area contributed by atoms with Gasteiger partial charge < -0.3 is 0 Å². The van der Waals surface area contributed by atoms with Crippen LogP contribution in [0.2, 0.25) is 0 Å². The smallest absolute Gasteiger partial charge is 0.234 e. The van der Waals surface area contributed by atoms with Crippen molar-refractivity contribution in [3.8, 4) is 0 Å². The first-order valence-electron chi connectivity index (χ1n) is 4.67. The Labute approximate surface area is 86.4 Å². The van der Waals surface area contributed by atoms with E-state index in [0.717, 1.165) is 22.3 Å². The van der Waals surface area contributed by atoms with Crippen LogP contribution >= 0.6 is 0 Å². The molecule has 2 rings (SSSR count). The van der Waals surface area contributed by atoms with Gasteiger partial charge >= 0.3 is 0 Å². The lowest BCUT2D eigenvalue weighted by Crippen LogP contribution is -2.21. The Balaban J connectivity index is 2.58. The molecule has 0 bridgehead atoms. The Morgan fingerprint density at radius 1 is 1.47 bits per heavy atom. The van der Waals surface area contributed by atoms with E-state index in [-0.39, 0.29) is 6.04 Å². The zero-order valence-corrected chi connectivity index (χ0v) is 8.25. The summed E-state index contributed by atoms with van der Waals surface area (Å²) in [5, 5.41) is 12.1. The van der Waals surface area contributed by atoms with Crippen molar-refractivity contribution in [2.75, 3.05) is 0 Å². The van der Waals surface area contributed by atoms with Gasteiger partial charge in [-0.2, -0.15) is 0 Å². The van der Waals surface area contributed by atoms with E-state index in [1.807, 2.05) is 31.2 Å². The molecule has 4 heteroatoms. The molecule has 1 atom stereocenters. The van der Waals surface area contributed by atoms with Crippen LogP contribution in [0.1, 0.15) is 6.92 Å². The summed E-state index contributed by atoms with van der Waals surface area (Å²) in [6, 6.07) is 7.67. The fourth-order valence-electron chi connectivity index (χ4n) is 1.70. The summed E-state index contributed by atoms with van der Waals surface area (Å²) in [5.74, 6) is 0. The molecule has 1 aromatic carbocycles. The fourth-order valence-corrected chi connectivity index (χ4v) is 1.70. The topological polar surface area (TPSA) is 55.5 Å². The quantitative estimate of drug-likeness (QED) is 0.522. The van der Waals surface area contributed by atoms with Crippen molar-refractivity contribution in [3.63, 3.8) is 0 Å². The standard InChI is InChI=1S/C11H10N2O2/c1-8-9(6-7-13(14)15)10-4-2-3-5-11(10)12-8/h2-8H,1H3/b7-6+/t8-/m0/s1. The molecule has 1 aromatic rings. The summed E-state index contributed by atoms with van der Waals surface area (Å²) in [5.41, 5.74) is 0.905. The van der Waals surface area contributed by atoms with Crippen LogP contribution in [0.15, 0.2) is 41.5 Å². The van der Waals surface area contributed by atoms with Gasteiger partial charge in [-0.15, -0.1) is 0 Å². The van der Waals surface area contributed by atoms with E-state index in [0.29, 0.717) is 0 Å². The van der Waals surface area contributed by atoms with Gasteiger partial charge in [0.15, 0.2) is 0 Å². The van der Waals surface area contributed by atoms with Crippen molar-refractivity contribution in [1.82, 2.24) is 0 Å². The number of hydrogen-bond donors (Lipinski definition) is 0. The molecule has 0 saturated carbocycles. The minimum absolute atomic E-state index is 0.00130. The monoisotopic (exact) mass is 202 g/mol. The molecule has 0 fully saturated rings. The number of benzene rings is 1. The maximum Gasteiger partial charge on any atom is 0.234 e. The lowest BCUT2D eigenvalue weighted by molar-refractivity contribution is -0.402. The van der Waals surface area contributed by atoms with Crippen molar-refractivity contribution in [3.05, 3.63) is 57.2 Å². The third-order valence-electron chi connectivity index (χ3n) is 2.37. The average molecular weight is 202 g/mol. The molecule has 15 heavy (non-hydrogen) atoms. The molecule has 0 saturated heterocycles. The largest absolute Gasteiger partial charge is 0.277 e. The van der Waals surface area contributed by atoms with Gasteiger partial charge in [0.2, 0.25) is 6.20 Å². The molecule has 76 valence electrons. The Hall–Kier alpha value is -1.97. The van der Waals surface area contributed by atoms with Crippen molar-refractivity contribution >= 4 is 5.57 Å². The molecular formula is C11H10N2O2. The summed E-state index contributed by atoms with van der Waals surface area (Å²) in [6.45, 7) is 1.93. The number of para-hydroxylation sites is 1. The molecule has 0 N–H and O–H groups in total. The highest BCUT2D eigenvalue weighted by Gasteiger charge is 2.12. The van der Waals surface area contributed by atoms with Gasteiger partial charge in [0.05, 0.1) is 16.3 Å². The third-order valence-corrected chi connectivity index (χ3v) is 2.37. The van der Waals surface area contributed by atoms with Crippen molar-refractivity contribution in [2.24, 2.45) is 4.99 Å². The van der Waals surface area contributed by atoms with Crippen molar-refractivity contribution in [1.29, 1.82) is 0 Å². The van der Waals surface area contributed by atoms with Crippen LogP contribution in [0.3, 0.4) is 0 Å². The van der Waals surface area contributed by atoms with E-state index in [4.69, 9.17) is 0 Å². The molecule has 1 heterocycles. The first-order chi connectivity index (χ1) is 7.18. The molecule has 0 radical (unpaired) electrons.